The molecular weight excluding hydrogens is 158 g/mol. The maximum atomic E-state index is 3.45. The van der Waals surface area contributed by atoms with Crippen molar-refractivity contribution in [1.82, 2.24) is 5.32 Å². The van der Waals surface area contributed by atoms with Crippen LogP contribution in [0.4, 0.5) is 0 Å². The van der Waals surface area contributed by atoms with Crippen molar-refractivity contribution < 1.29 is 0 Å². The van der Waals surface area contributed by atoms with E-state index in [1.54, 1.807) is 0 Å². The molecule has 0 aromatic rings. The van der Waals surface area contributed by atoms with Crippen LogP contribution < -0.4 is 5.32 Å². The van der Waals surface area contributed by atoms with E-state index in [4.69, 9.17) is 0 Å². The van der Waals surface area contributed by atoms with Gasteiger partial charge in [0.15, 0.2) is 0 Å². The molecule has 1 nitrogen and oxygen atoms in total. The largest absolute Gasteiger partial charge is 0.317 e. The van der Waals surface area contributed by atoms with Crippen LogP contribution in [0.25, 0.3) is 0 Å². The van der Waals surface area contributed by atoms with E-state index in [0.29, 0.717) is 0 Å². The molecule has 13 heavy (non-hydrogen) atoms. The molecule has 0 spiro atoms. The molecule has 0 saturated heterocycles. The molecule has 0 amide bonds. The standard InChI is InChI=1S/C12H27N/c1-6-10(4)12(13-5)9-11(7-2)8-3/h10-13H,6-9H2,1-5H3. The van der Waals surface area contributed by atoms with Crippen molar-refractivity contribution in [3.8, 4) is 0 Å². The Morgan fingerprint density at radius 1 is 1.00 bits per heavy atom. The van der Waals surface area contributed by atoms with Gasteiger partial charge in [0.25, 0.3) is 0 Å². The molecule has 0 aliphatic heterocycles. The number of hydrogen-bond donors (Lipinski definition) is 1. The lowest BCUT2D eigenvalue weighted by atomic mass is 9.87. The molecule has 2 unspecified atom stereocenters. The summed E-state index contributed by atoms with van der Waals surface area (Å²) in [5.41, 5.74) is 0. The highest BCUT2D eigenvalue weighted by molar-refractivity contribution is 4.74. The summed E-state index contributed by atoms with van der Waals surface area (Å²) in [6.07, 6.45) is 5.28. The molecule has 0 heterocycles. The van der Waals surface area contributed by atoms with Gasteiger partial charge in [0.05, 0.1) is 0 Å². The van der Waals surface area contributed by atoms with Crippen LogP contribution in [-0.4, -0.2) is 13.1 Å². The predicted octanol–water partition coefficient (Wildman–Crippen LogP) is 3.45. The van der Waals surface area contributed by atoms with Gasteiger partial charge >= 0.3 is 0 Å². The zero-order chi connectivity index (χ0) is 10.3. The van der Waals surface area contributed by atoms with Crippen molar-refractivity contribution in [1.29, 1.82) is 0 Å². The summed E-state index contributed by atoms with van der Waals surface area (Å²) in [6, 6.07) is 0.717. The second-order valence-electron chi connectivity index (χ2n) is 4.20. The summed E-state index contributed by atoms with van der Waals surface area (Å²) in [4.78, 5) is 0. The molecule has 0 saturated carbocycles. The quantitative estimate of drug-likeness (QED) is 0.640. The summed E-state index contributed by atoms with van der Waals surface area (Å²) in [6.45, 7) is 9.24. The van der Waals surface area contributed by atoms with E-state index in [1.807, 2.05) is 0 Å². The number of hydrogen-bond acceptors (Lipinski definition) is 1. The molecule has 0 radical (unpaired) electrons. The summed E-state index contributed by atoms with van der Waals surface area (Å²) >= 11 is 0. The molecule has 0 bridgehead atoms. The monoisotopic (exact) mass is 185 g/mol. The minimum Gasteiger partial charge on any atom is -0.317 e. The van der Waals surface area contributed by atoms with Gasteiger partial charge in [-0.25, -0.2) is 0 Å². The topological polar surface area (TPSA) is 12.0 Å². The van der Waals surface area contributed by atoms with Gasteiger partial charge in [0.2, 0.25) is 0 Å². The van der Waals surface area contributed by atoms with Crippen molar-refractivity contribution in [2.24, 2.45) is 11.8 Å². The smallest absolute Gasteiger partial charge is 0.00922 e. The van der Waals surface area contributed by atoms with Crippen LogP contribution in [0.3, 0.4) is 0 Å². The van der Waals surface area contributed by atoms with Crippen molar-refractivity contribution in [3.63, 3.8) is 0 Å². The fourth-order valence-electron chi connectivity index (χ4n) is 1.90. The first-order valence-corrected chi connectivity index (χ1v) is 5.86. The Hall–Kier alpha value is -0.0400. The maximum Gasteiger partial charge on any atom is 0.00922 e. The predicted molar refractivity (Wildman–Crippen MR) is 61.0 cm³/mol. The molecule has 0 aliphatic carbocycles. The minimum atomic E-state index is 0.717. The first-order chi connectivity index (χ1) is 6.19. The zero-order valence-corrected chi connectivity index (χ0v) is 10.1. The normalized spacial score (nSPS) is 16.2. The average molecular weight is 185 g/mol. The van der Waals surface area contributed by atoms with Gasteiger partial charge in [-0.3, -0.25) is 0 Å². The van der Waals surface area contributed by atoms with Gasteiger partial charge < -0.3 is 5.32 Å². The Morgan fingerprint density at radius 3 is 1.85 bits per heavy atom. The average Bonchev–Trinajstić information content (AvgIpc) is 2.19. The zero-order valence-electron chi connectivity index (χ0n) is 10.1. The third kappa shape index (κ3) is 4.66. The fourth-order valence-corrected chi connectivity index (χ4v) is 1.90. The van der Waals surface area contributed by atoms with E-state index in [0.717, 1.165) is 17.9 Å². The van der Waals surface area contributed by atoms with E-state index < -0.39 is 0 Å². The van der Waals surface area contributed by atoms with Gasteiger partial charge in [-0.15, -0.1) is 0 Å². The van der Waals surface area contributed by atoms with Crippen LogP contribution >= 0.6 is 0 Å². The molecule has 1 heteroatoms. The van der Waals surface area contributed by atoms with E-state index in [9.17, 15) is 0 Å². The highest BCUT2D eigenvalue weighted by atomic mass is 14.9. The van der Waals surface area contributed by atoms with Crippen LogP contribution in [0.15, 0.2) is 0 Å². The van der Waals surface area contributed by atoms with Crippen molar-refractivity contribution in [2.75, 3.05) is 7.05 Å². The fraction of sp³-hybridized carbons (Fsp3) is 1.00. The Bertz CT molecular complexity index is 108. The van der Waals surface area contributed by atoms with Crippen LogP contribution in [-0.2, 0) is 0 Å². The van der Waals surface area contributed by atoms with E-state index in [1.165, 1.54) is 25.7 Å². The molecule has 0 aromatic carbocycles. The second kappa shape index (κ2) is 7.37. The molecule has 0 aliphatic rings. The second-order valence-corrected chi connectivity index (χ2v) is 4.20. The minimum absolute atomic E-state index is 0.717. The molecule has 0 fully saturated rings. The summed E-state index contributed by atoms with van der Waals surface area (Å²) in [5.74, 6) is 1.72. The van der Waals surface area contributed by atoms with E-state index in [2.05, 4.69) is 40.1 Å². The van der Waals surface area contributed by atoms with Crippen LogP contribution in [0.1, 0.15) is 53.4 Å². The third-order valence-corrected chi connectivity index (χ3v) is 3.44. The lowest BCUT2D eigenvalue weighted by Crippen LogP contribution is -2.33. The highest BCUT2D eigenvalue weighted by Crippen LogP contribution is 2.20. The highest BCUT2D eigenvalue weighted by Gasteiger charge is 2.17. The van der Waals surface area contributed by atoms with Crippen molar-refractivity contribution in [2.45, 2.75) is 59.4 Å². The summed E-state index contributed by atoms with van der Waals surface area (Å²) in [5, 5.41) is 3.45. The Balaban J connectivity index is 3.94. The van der Waals surface area contributed by atoms with Crippen LogP contribution in [0.2, 0.25) is 0 Å². The Morgan fingerprint density at radius 2 is 1.54 bits per heavy atom. The first kappa shape index (κ1) is 13.0. The maximum absolute atomic E-state index is 3.45. The Labute approximate surface area is 84.3 Å². The van der Waals surface area contributed by atoms with E-state index in [-0.39, 0.29) is 0 Å². The van der Waals surface area contributed by atoms with E-state index >= 15 is 0 Å². The van der Waals surface area contributed by atoms with Gasteiger partial charge in [-0.1, -0.05) is 47.0 Å². The molecule has 1 N–H and O–H groups in total. The van der Waals surface area contributed by atoms with Gasteiger partial charge in [0.1, 0.15) is 0 Å². The molecule has 80 valence electrons. The molecule has 2 atom stereocenters. The van der Waals surface area contributed by atoms with Gasteiger partial charge in [0, 0.05) is 6.04 Å². The van der Waals surface area contributed by atoms with Gasteiger partial charge in [-0.2, -0.15) is 0 Å². The van der Waals surface area contributed by atoms with Crippen LogP contribution in [0, 0.1) is 11.8 Å². The Kier molecular flexibility index (Phi) is 7.35. The number of rotatable bonds is 7. The van der Waals surface area contributed by atoms with Crippen molar-refractivity contribution >= 4 is 0 Å². The summed E-state index contributed by atoms with van der Waals surface area (Å²) in [7, 11) is 2.10. The molecule has 0 aromatic heterocycles. The van der Waals surface area contributed by atoms with Crippen LogP contribution in [0.5, 0.6) is 0 Å². The first-order valence-electron chi connectivity index (χ1n) is 5.86. The summed E-state index contributed by atoms with van der Waals surface area (Å²) < 4.78 is 0. The molecule has 0 rings (SSSR count). The molecular formula is C12H27N. The SMILES string of the molecule is CCC(CC)CC(NC)C(C)CC. The lowest BCUT2D eigenvalue weighted by molar-refractivity contribution is 0.303. The number of nitrogens with one attached hydrogen (secondary N) is 1. The van der Waals surface area contributed by atoms with Crippen molar-refractivity contribution in [3.05, 3.63) is 0 Å². The van der Waals surface area contributed by atoms with Gasteiger partial charge in [-0.05, 0) is 25.3 Å². The lowest BCUT2D eigenvalue weighted by Gasteiger charge is -2.26. The third-order valence-electron chi connectivity index (χ3n) is 3.44.